The summed E-state index contributed by atoms with van der Waals surface area (Å²) >= 11 is 0. The molecule has 2 aromatic carbocycles. The van der Waals surface area contributed by atoms with Crippen LogP contribution in [0.3, 0.4) is 0 Å². The molecule has 1 aliphatic heterocycles. The molecule has 3 rings (SSSR count). The summed E-state index contributed by atoms with van der Waals surface area (Å²) in [6.45, 7) is 0.641. The van der Waals surface area contributed by atoms with Gasteiger partial charge in [0.05, 0.1) is 17.4 Å². The van der Waals surface area contributed by atoms with Crippen LogP contribution in [0.25, 0.3) is 0 Å². The van der Waals surface area contributed by atoms with Gasteiger partial charge >= 0.3 is 0 Å². The summed E-state index contributed by atoms with van der Waals surface area (Å²) in [5.41, 5.74) is 2.30. The Labute approximate surface area is 104 Å². The minimum Gasteiger partial charge on any atom is -0.381 e. The Morgan fingerprint density at radius 3 is 2.33 bits per heavy atom. The van der Waals surface area contributed by atoms with E-state index >= 15 is 0 Å². The Bertz CT molecular complexity index is 570. The Kier molecular flexibility index (Phi) is 2.63. The fraction of sp³-hybridized carbons (Fsp3) is 0.143. The van der Waals surface area contributed by atoms with Gasteiger partial charge in [-0.3, -0.25) is 0 Å². The Hall–Kier alpha value is -2.10. The standard InChI is InChI=1S/C14H12F2N2/c15-10-6-12-13(7-11(10)16)18-14(8-17-12)9-4-2-1-3-5-9/h1-7,14,17-18H,8H2/t14-/m1/s1. The number of hydrogen-bond donors (Lipinski definition) is 2. The van der Waals surface area contributed by atoms with Crippen molar-refractivity contribution in [3.05, 3.63) is 59.7 Å². The highest BCUT2D eigenvalue weighted by atomic mass is 19.2. The highest BCUT2D eigenvalue weighted by molar-refractivity contribution is 5.71. The molecule has 18 heavy (non-hydrogen) atoms. The van der Waals surface area contributed by atoms with Crippen LogP contribution in [0.4, 0.5) is 20.2 Å². The van der Waals surface area contributed by atoms with Crippen LogP contribution in [0.5, 0.6) is 0 Å². The zero-order valence-electron chi connectivity index (χ0n) is 9.58. The maximum atomic E-state index is 13.2. The molecule has 2 N–H and O–H groups in total. The lowest BCUT2D eigenvalue weighted by molar-refractivity contribution is 0.508. The first-order chi connectivity index (χ1) is 8.74. The Balaban J connectivity index is 1.92. The van der Waals surface area contributed by atoms with Crippen LogP contribution >= 0.6 is 0 Å². The smallest absolute Gasteiger partial charge is 0.161 e. The van der Waals surface area contributed by atoms with Crippen molar-refractivity contribution in [3.8, 4) is 0 Å². The van der Waals surface area contributed by atoms with Crippen molar-refractivity contribution >= 4 is 11.4 Å². The second kappa shape index (κ2) is 4.29. The van der Waals surface area contributed by atoms with E-state index in [9.17, 15) is 8.78 Å². The fourth-order valence-corrected chi connectivity index (χ4v) is 2.15. The average molecular weight is 246 g/mol. The molecule has 1 atom stereocenters. The van der Waals surface area contributed by atoms with Gasteiger partial charge in [0.25, 0.3) is 0 Å². The summed E-state index contributed by atoms with van der Waals surface area (Å²) in [5.74, 6) is -1.67. The molecule has 1 aliphatic rings. The average Bonchev–Trinajstić information content (AvgIpc) is 2.41. The number of fused-ring (bicyclic) bond motifs is 1. The molecule has 0 spiro atoms. The second-order valence-electron chi connectivity index (χ2n) is 4.30. The van der Waals surface area contributed by atoms with Gasteiger partial charge in [-0.25, -0.2) is 8.78 Å². The SMILES string of the molecule is Fc1cc2c(cc1F)N[C@@H](c1ccccc1)CN2. The first-order valence-corrected chi connectivity index (χ1v) is 5.78. The number of anilines is 2. The maximum absolute atomic E-state index is 13.2. The van der Waals surface area contributed by atoms with E-state index in [-0.39, 0.29) is 6.04 Å². The molecule has 92 valence electrons. The molecule has 0 aromatic heterocycles. The molecular formula is C14H12F2N2. The summed E-state index contributed by atoms with van der Waals surface area (Å²) in [6.07, 6.45) is 0. The van der Waals surface area contributed by atoms with E-state index < -0.39 is 11.6 Å². The van der Waals surface area contributed by atoms with Gasteiger partial charge in [0.15, 0.2) is 11.6 Å². The van der Waals surface area contributed by atoms with Gasteiger partial charge in [-0.05, 0) is 5.56 Å². The van der Waals surface area contributed by atoms with E-state index in [4.69, 9.17) is 0 Å². The van der Waals surface area contributed by atoms with Crippen molar-refractivity contribution in [1.29, 1.82) is 0 Å². The van der Waals surface area contributed by atoms with E-state index in [0.717, 1.165) is 5.56 Å². The molecule has 4 heteroatoms. The van der Waals surface area contributed by atoms with Crippen LogP contribution in [0.1, 0.15) is 11.6 Å². The molecule has 2 nitrogen and oxygen atoms in total. The first-order valence-electron chi connectivity index (χ1n) is 5.78. The van der Waals surface area contributed by atoms with Crippen molar-refractivity contribution in [2.24, 2.45) is 0 Å². The van der Waals surface area contributed by atoms with Crippen LogP contribution in [-0.2, 0) is 0 Å². The summed E-state index contributed by atoms with van der Waals surface area (Å²) in [5, 5.41) is 6.32. The number of benzene rings is 2. The van der Waals surface area contributed by atoms with Crippen molar-refractivity contribution in [3.63, 3.8) is 0 Å². The number of halogens is 2. The van der Waals surface area contributed by atoms with Gasteiger partial charge in [0.1, 0.15) is 0 Å². The fourth-order valence-electron chi connectivity index (χ4n) is 2.15. The van der Waals surface area contributed by atoms with Crippen LogP contribution in [-0.4, -0.2) is 6.54 Å². The minimum absolute atomic E-state index is 0.0589. The zero-order valence-corrected chi connectivity index (χ0v) is 9.58. The van der Waals surface area contributed by atoms with Gasteiger partial charge in [-0.15, -0.1) is 0 Å². The van der Waals surface area contributed by atoms with Crippen LogP contribution < -0.4 is 10.6 Å². The highest BCUT2D eigenvalue weighted by Gasteiger charge is 2.20. The molecular weight excluding hydrogens is 234 g/mol. The molecule has 0 bridgehead atoms. The maximum Gasteiger partial charge on any atom is 0.161 e. The Morgan fingerprint density at radius 2 is 1.61 bits per heavy atom. The number of nitrogens with one attached hydrogen (secondary N) is 2. The number of rotatable bonds is 1. The van der Waals surface area contributed by atoms with Gasteiger partial charge in [0.2, 0.25) is 0 Å². The summed E-state index contributed by atoms with van der Waals surface area (Å²) in [4.78, 5) is 0. The molecule has 0 fully saturated rings. The quantitative estimate of drug-likeness (QED) is 0.804. The zero-order chi connectivity index (χ0) is 12.5. The third-order valence-corrected chi connectivity index (χ3v) is 3.09. The predicted octanol–water partition coefficient (Wildman–Crippen LogP) is 3.54. The monoisotopic (exact) mass is 246 g/mol. The molecule has 2 aromatic rings. The van der Waals surface area contributed by atoms with Crippen molar-refractivity contribution in [2.75, 3.05) is 17.2 Å². The third kappa shape index (κ3) is 1.90. The van der Waals surface area contributed by atoms with Gasteiger partial charge in [0, 0.05) is 18.7 Å². The predicted molar refractivity (Wildman–Crippen MR) is 67.7 cm³/mol. The molecule has 0 amide bonds. The lowest BCUT2D eigenvalue weighted by Crippen LogP contribution is -2.26. The van der Waals surface area contributed by atoms with Crippen molar-refractivity contribution in [2.45, 2.75) is 6.04 Å². The number of hydrogen-bond acceptors (Lipinski definition) is 2. The van der Waals surface area contributed by atoms with Gasteiger partial charge in [-0.2, -0.15) is 0 Å². The van der Waals surface area contributed by atoms with Crippen LogP contribution in [0.15, 0.2) is 42.5 Å². The molecule has 1 heterocycles. The van der Waals surface area contributed by atoms with E-state index in [0.29, 0.717) is 17.9 Å². The molecule has 0 aliphatic carbocycles. The van der Waals surface area contributed by atoms with Crippen LogP contribution in [0.2, 0.25) is 0 Å². The Morgan fingerprint density at radius 1 is 0.944 bits per heavy atom. The molecule has 0 saturated carbocycles. The van der Waals surface area contributed by atoms with Crippen LogP contribution in [0, 0.1) is 11.6 Å². The van der Waals surface area contributed by atoms with Gasteiger partial charge < -0.3 is 10.6 Å². The van der Waals surface area contributed by atoms with E-state index in [1.807, 2.05) is 30.3 Å². The van der Waals surface area contributed by atoms with Crippen molar-refractivity contribution in [1.82, 2.24) is 0 Å². The largest absolute Gasteiger partial charge is 0.381 e. The second-order valence-corrected chi connectivity index (χ2v) is 4.30. The normalized spacial score (nSPS) is 17.6. The summed E-state index contributed by atoms with van der Waals surface area (Å²) < 4.78 is 26.3. The minimum atomic E-state index is -0.836. The highest BCUT2D eigenvalue weighted by Crippen LogP contribution is 2.32. The molecule has 0 unspecified atom stereocenters. The lowest BCUT2D eigenvalue weighted by Gasteiger charge is -2.28. The first kappa shape index (κ1) is 11.0. The summed E-state index contributed by atoms with van der Waals surface area (Å²) in [6, 6.07) is 12.3. The molecule has 0 saturated heterocycles. The third-order valence-electron chi connectivity index (χ3n) is 3.09. The van der Waals surface area contributed by atoms with E-state index in [2.05, 4.69) is 10.6 Å². The molecule has 0 radical (unpaired) electrons. The van der Waals surface area contributed by atoms with Gasteiger partial charge in [-0.1, -0.05) is 30.3 Å². The summed E-state index contributed by atoms with van der Waals surface area (Å²) in [7, 11) is 0. The van der Waals surface area contributed by atoms with E-state index in [1.165, 1.54) is 12.1 Å². The lowest BCUT2D eigenvalue weighted by atomic mass is 10.0. The topological polar surface area (TPSA) is 24.1 Å². The van der Waals surface area contributed by atoms with Crippen molar-refractivity contribution < 1.29 is 8.78 Å². The van der Waals surface area contributed by atoms with E-state index in [1.54, 1.807) is 0 Å².